The minimum Gasteiger partial charge on any atom is -0.357 e. The molecular formula is C17H30ClIN4. The molecule has 23 heavy (non-hydrogen) atoms. The topological polar surface area (TPSA) is 48.5 Å². The molecule has 0 atom stereocenters. The fraction of sp³-hybridized carbons (Fsp3) is 0.588. The number of rotatable bonds is 7. The summed E-state index contributed by atoms with van der Waals surface area (Å²) in [6.45, 7) is 11.8. The minimum atomic E-state index is 0. The van der Waals surface area contributed by atoms with Gasteiger partial charge in [0.1, 0.15) is 0 Å². The van der Waals surface area contributed by atoms with Crippen LogP contribution in [-0.4, -0.2) is 37.7 Å². The molecule has 1 rings (SSSR count). The molecule has 0 fully saturated rings. The van der Waals surface area contributed by atoms with Crippen LogP contribution in [0.15, 0.2) is 29.3 Å². The van der Waals surface area contributed by atoms with Crippen molar-refractivity contribution in [1.29, 1.82) is 0 Å². The number of halogens is 2. The Bertz CT molecular complexity index is 472. The van der Waals surface area contributed by atoms with Crippen molar-refractivity contribution in [2.45, 2.75) is 39.7 Å². The predicted octanol–water partition coefficient (Wildman–Crippen LogP) is 3.44. The highest BCUT2D eigenvalue weighted by Crippen LogP contribution is 2.14. The van der Waals surface area contributed by atoms with Crippen molar-refractivity contribution < 1.29 is 0 Å². The summed E-state index contributed by atoms with van der Waals surface area (Å²) >= 11 is 6.16. The maximum absolute atomic E-state index is 6.16. The summed E-state index contributed by atoms with van der Waals surface area (Å²) in [7, 11) is 0. The average molecular weight is 453 g/mol. The van der Waals surface area contributed by atoms with Crippen LogP contribution in [0.25, 0.3) is 0 Å². The third-order valence-electron chi connectivity index (χ3n) is 3.03. The highest BCUT2D eigenvalue weighted by molar-refractivity contribution is 14.0. The molecule has 1 aromatic rings. The fourth-order valence-electron chi connectivity index (χ4n) is 1.96. The first-order valence-electron chi connectivity index (χ1n) is 7.93. The van der Waals surface area contributed by atoms with E-state index in [9.17, 15) is 0 Å². The van der Waals surface area contributed by atoms with E-state index in [1.165, 1.54) is 0 Å². The standard InChI is InChI=1S/C17H29ClN4.HI/c1-5-19-16(21-12-13-22-17(2,3)4)20-11-10-14-8-6-7-9-15(14)18;/h6-9,22H,5,10-13H2,1-4H3,(H2,19,20,21);1H. The smallest absolute Gasteiger partial charge is 0.191 e. The number of benzene rings is 1. The fourth-order valence-corrected chi connectivity index (χ4v) is 2.19. The van der Waals surface area contributed by atoms with Crippen molar-refractivity contribution in [2.75, 3.05) is 26.2 Å². The third kappa shape index (κ3) is 10.8. The molecule has 6 heteroatoms. The summed E-state index contributed by atoms with van der Waals surface area (Å²) in [5, 5.41) is 10.9. The first-order chi connectivity index (χ1) is 10.4. The zero-order valence-electron chi connectivity index (χ0n) is 14.6. The number of hydrogen-bond donors (Lipinski definition) is 3. The molecule has 0 unspecified atom stereocenters. The Balaban J connectivity index is 0.00000484. The Morgan fingerprint density at radius 1 is 1.13 bits per heavy atom. The van der Waals surface area contributed by atoms with Crippen LogP contribution >= 0.6 is 35.6 Å². The van der Waals surface area contributed by atoms with E-state index in [0.717, 1.165) is 49.1 Å². The zero-order chi connectivity index (χ0) is 16.4. The van der Waals surface area contributed by atoms with E-state index in [1.54, 1.807) is 0 Å². The molecule has 0 aromatic heterocycles. The summed E-state index contributed by atoms with van der Waals surface area (Å²) in [6.07, 6.45) is 0.879. The molecule has 1 aromatic carbocycles. The average Bonchev–Trinajstić information content (AvgIpc) is 2.44. The van der Waals surface area contributed by atoms with Gasteiger partial charge >= 0.3 is 0 Å². The first kappa shape index (κ1) is 22.5. The van der Waals surface area contributed by atoms with E-state index in [4.69, 9.17) is 11.6 Å². The number of nitrogens with one attached hydrogen (secondary N) is 3. The van der Waals surface area contributed by atoms with Crippen LogP contribution in [0.1, 0.15) is 33.3 Å². The van der Waals surface area contributed by atoms with Gasteiger partial charge in [-0.15, -0.1) is 24.0 Å². The van der Waals surface area contributed by atoms with Crippen molar-refractivity contribution in [3.05, 3.63) is 34.9 Å². The van der Waals surface area contributed by atoms with Gasteiger partial charge in [0, 0.05) is 30.2 Å². The Labute approximate surface area is 162 Å². The molecule has 132 valence electrons. The van der Waals surface area contributed by atoms with Crippen molar-refractivity contribution in [2.24, 2.45) is 4.99 Å². The van der Waals surface area contributed by atoms with Gasteiger partial charge < -0.3 is 16.0 Å². The van der Waals surface area contributed by atoms with Gasteiger partial charge in [-0.25, -0.2) is 0 Å². The van der Waals surface area contributed by atoms with Crippen molar-refractivity contribution >= 4 is 41.5 Å². The second-order valence-electron chi connectivity index (χ2n) is 6.21. The monoisotopic (exact) mass is 452 g/mol. The molecule has 0 aliphatic heterocycles. The van der Waals surface area contributed by atoms with Gasteiger partial charge in [-0.2, -0.15) is 0 Å². The van der Waals surface area contributed by atoms with Crippen LogP contribution in [0.2, 0.25) is 5.02 Å². The Hall–Kier alpha value is -0.530. The van der Waals surface area contributed by atoms with Gasteiger partial charge in [0.05, 0.1) is 6.54 Å². The van der Waals surface area contributed by atoms with Gasteiger partial charge in [-0.1, -0.05) is 29.8 Å². The van der Waals surface area contributed by atoms with E-state index >= 15 is 0 Å². The van der Waals surface area contributed by atoms with Gasteiger partial charge in [0.15, 0.2) is 5.96 Å². The van der Waals surface area contributed by atoms with Crippen molar-refractivity contribution in [1.82, 2.24) is 16.0 Å². The Kier molecular flexibility index (Phi) is 11.6. The highest BCUT2D eigenvalue weighted by Gasteiger charge is 2.07. The molecular weight excluding hydrogens is 423 g/mol. The van der Waals surface area contributed by atoms with Crippen LogP contribution in [0, 0.1) is 0 Å². The predicted molar refractivity (Wildman–Crippen MR) is 112 cm³/mol. The quantitative estimate of drug-likeness (QED) is 0.257. The Morgan fingerprint density at radius 2 is 1.83 bits per heavy atom. The molecule has 0 spiro atoms. The molecule has 4 nitrogen and oxygen atoms in total. The van der Waals surface area contributed by atoms with Crippen LogP contribution in [0.4, 0.5) is 0 Å². The molecule has 0 saturated carbocycles. The van der Waals surface area contributed by atoms with Gasteiger partial charge in [-0.05, 0) is 45.7 Å². The Morgan fingerprint density at radius 3 is 2.43 bits per heavy atom. The number of aliphatic imine (C=N–C) groups is 1. The molecule has 0 radical (unpaired) electrons. The second kappa shape index (κ2) is 11.9. The lowest BCUT2D eigenvalue weighted by Gasteiger charge is -2.20. The van der Waals surface area contributed by atoms with Crippen LogP contribution in [-0.2, 0) is 6.42 Å². The van der Waals surface area contributed by atoms with E-state index in [2.05, 4.69) is 54.7 Å². The minimum absolute atomic E-state index is 0. The lowest BCUT2D eigenvalue weighted by molar-refractivity contribution is 0.432. The molecule has 0 bridgehead atoms. The lowest BCUT2D eigenvalue weighted by Crippen LogP contribution is -2.40. The summed E-state index contributed by atoms with van der Waals surface area (Å²) < 4.78 is 0. The van der Waals surface area contributed by atoms with Crippen molar-refractivity contribution in [3.8, 4) is 0 Å². The molecule has 0 aliphatic rings. The first-order valence-corrected chi connectivity index (χ1v) is 8.31. The summed E-state index contributed by atoms with van der Waals surface area (Å²) in [6, 6.07) is 7.95. The number of hydrogen-bond acceptors (Lipinski definition) is 2. The van der Waals surface area contributed by atoms with E-state index in [1.807, 2.05) is 18.2 Å². The van der Waals surface area contributed by atoms with E-state index < -0.39 is 0 Å². The van der Waals surface area contributed by atoms with Crippen LogP contribution in [0.5, 0.6) is 0 Å². The maximum Gasteiger partial charge on any atom is 0.191 e. The second-order valence-corrected chi connectivity index (χ2v) is 6.61. The summed E-state index contributed by atoms with van der Waals surface area (Å²) in [5.41, 5.74) is 1.28. The normalized spacial score (nSPS) is 11.8. The van der Waals surface area contributed by atoms with Gasteiger partial charge in [-0.3, -0.25) is 4.99 Å². The lowest BCUT2D eigenvalue weighted by atomic mass is 10.1. The molecule has 0 saturated heterocycles. The number of guanidine groups is 1. The highest BCUT2D eigenvalue weighted by atomic mass is 127. The van der Waals surface area contributed by atoms with Gasteiger partial charge in [0.2, 0.25) is 0 Å². The zero-order valence-corrected chi connectivity index (χ0v) is 17.7. The number of nitrogens with zero attached hydrogens (tertiary/aromatic N) is 1. The summed E-state index contributed by atoms with van der Waals surface area (Å²) in [5.74, 6) is 0.852. The van der Waals surface area contributed by atoms with E-state index in [0.29, 0.717) is 0 Å². The third-order valence-corrected chi connectivity index (χ3v) is 3.39. The van der Waals surface area contributed by atoms with Crippen molar-refractivity contribution in [3.63, 3.8) is 0 Å². The SMILES string of the molecule is CCNC(=NCCNC(C)(C)C)NCCc1ccccc1Cl.I. The molecule has 0 heterocycles. The summed E-state index contributed by atoms with van der Waals surface area (Å²) in [4.78, 5) is 4.57. The van der Waals surface area contributed by atoms with Crippen LogP contribution < -0.4 is 16.0 Å². The van der Waals surface area contributed by atoms with Crippen LogP contribution in [0.3, 0.4) is 0 Å². The largest absolute Gasteiger partial charge is 0.357 e. The molecule has 0 aliphatic carbocycles. The molecule has 0 amide bonds. The van der Waals surface area contributed by atoms with Gasteiger partial charge in [0.25, 0.3) is 0 Å². The molecule has 3 N–H and O–H groups in total. The van der Waals surface area contributed by atoms with E-state index in [-0.39, 0.29) is 29.5 Å². The maximum atomic E-state index is 6.16.